The van der Waals surface area contributed by atoms with E-state index in [4.69, 9.17) is 0 Å². The average Bonchev–Trinajstić information content (AvgIpc) is 3.04. The second-order valence-electron chi connectivity index (χ2n) is 6.60. The van der Waals surface area contributed by atoms with Gasteiger partial charge in [-0.25, -0.2) is 0 Å². The van der Waals surface area contributed by atoms with Crippen molar-refractivity contribution in [2.75, 3.05) is 19.6 Å². The zero-order chi connectivity index (χ0) is 16.8. The van der Waals surface area contributed by atoms with E-state index in [1.165, 1.54) is 47.5 Å². The van der Waals surface area contributed by atoms with Crippen molar-refractivity contribution in [3.05, 3.63) is 54.1 Å². The van der Waals surface area contributed by atoms with Gasteiger partial charge in [0.15, 0.2) is 0 Å². The lowest BCUT2D eigenvalue weighted by Gasteiger charge is -2.20. The maximum Gasteiger partial charge on any atom is 0.0228 e. The highest BCUT2D eigenvalue weighted by Gasteiger charge is 2.19. The third-order valence-corrected chi connectivity index (χ3v) is 5.80. The van der Waals surface area contributed by atoms with Crippen LogP contribution in [0.5, 0.6) is 0 Å². The Labute approximate surface area is 150 Å². The molecule has 1 saturated heterocycles. The van der Waals surface area contributed by atoms with Crippen LogP contribution in [0.2, 0.25) is 0 Å². The minimum atomic E-state index is 0.767. The van der Waals surface area contributed by atoms with Gasteiger partial charge in [-0.2, -0.15) is 0 Å². The SMILES string of the molecule is CCNSc1ccc(-c2ccc(CCN3CCCC3C)cc2)cc1. The van der Waals surface area contributed by atoms with Crippen LogP contribution in [0, 0.1) is 0 Å². The monoisotopic (exact) mass is 340 g/mol. The van der Waals surface area contributed by atoms with Gasteiger partial charge in [0.1, 0.15) is 0 Å². The molecule has 1 fully saturated rings. The molecule has 0 saturated carbocycles. The van der Waals surface area contributed by atoms with Crippen molar-refractivity contribution in [1.29, 1.82) is 0 Å². The number of hydrogen-bond donors (Lipinski definition) is 1. The Balaban J connectivity index is 1.57. The lowest BCUT2D eigenvalue weighted by atomic mass is 10.0. The van der Waals surface area contributed by atoms with E-state index in [2.05, 4.69) is 72.0 Å². The molecule has 0 amide bonds. The molecule has 1 unspecified atom stereocenters. The molecule has 0 aliphatic carbocycles. The van der Waals surface area contributed by atoms with Gasteiger partial charge in [0.25, 0.3) is 0 Å². The minimum Gasteiger partial charge on any atom is -0.300 e. The van der Waals surface area contributed by atoms with Crippen molar-refractivity contribution in [2.45, 2.75) is 44.0 Å². The topological polar surface area (TPSA) is 15.3 Å². The fourth-order valence-corrected chi connectivity index (χ4v) is 3.92. The van der Waals surface area contributed by atoms with Gasteiger partial charge in [-0.1, -0.05) is 43.3 Å². The minimum absolute atomic E-state index is 0.767. The normalized spacial score (nSPS) is 18.2. The van der Waals surface area contributed by atoms with E-state index in [0.29, 0.717) is 0 Å². The first-order chi connectivity index (χ1) is 11.8. The third-order valence-electron chi connectivity index (χ3n) is 4.85. The van der Waals surface area contributed by atoms with Crippen molar-refractivity contribution < 1.29 is 0 Å². The summed E-state index contributed by atoms with van der Waals surface area (Å²) in [5.74, 6) is 0. The van der Waals surface area contributed by atoms with Crippen molar-refractivity contribution in [2.24, 2.45) is 0 Å². The molecule has 0 spiro atoms. The Hall–Kier alpha value is -1.29. The van der Waals surface area contributed by atoms with Crippen LogP contribution in [0.3, 0.4) is 0 Å². The first-order valence-electron chi connectivity index (χ1n) is 9.09. The Morgan fingerprint density at radius 2 is 1.71 bits per heavy atom. The van der Waals surface area contributed by atoms with Crippen LogP contribution in [-0.4, -0.2) is 30.6 Å². The molecular formula is C21H28N2S. The molecule has 2 aromatic carbocycles. The van der Waals surface area contributed by atoms with E-state index in [0.717, 1.165) is 19.0 Å². The summed E-state index contributed by atoms with van der Waals surface area (Å²) in [5, 5.41) is 0. The molecule has 3 rings (SSSR count). The maximum absolute atomic E-state index is 3.28. The number of nitrogens with zero attached hydrogens (tertiary/aromatic N) is 1. The van der Waals surface area contributed by atoms with E-state index in [-0.39, 0.29) is 0 Å². The zero-order valence-electron chi connectivity index (χ0n) is 14.8. The predicted octanol–water partition coefficient (Wildman–Crippen LogP) is 5.00. The van der Waals surface area contributed by atoms with E-state index >= 15 is 0 Å². The Morgan fingerprint density at radius 1 is 1.04 bits per heavy atom. The summed E-state index contributed by atoms with van der Waals surface area (Å²) in [4.78, 5) is 3.88. The Bertz CT molecular complexity index is 621. The molecule has 0 aromatic heterocycles. The lowest BCUT2D eigenvalue weighted by Crippen LogP contribution is -2.28. The zero-order valence-corrected chi connectivity index (χ0v) is 15.6. The summed E-state index contributed by atoms with van der Waals surface area (Å²) in [6, 6.07) is 18.7. The van der Waals surface area contributed by atoms with Gasteiger partial charge in [0.05, 0.1) is 0 Å². The van der Waals surface area contributed by atoms with Gasteiger partial charge >= 0.3 is 0 Å². The molecule has 2 nitrogen and oxygen atoms in total. The third kappa shape index (κ3) is 4.62. The number of rotatable bonds is 7. The van der Waals surface area contributed by atoms with Gasteiger partial charge in [-0.15, -0.1) is 0 Å². The van der Waals surface area contributed by atoms with Crippen LogP contribution < -0.4 is 4.72 Å². The number of hydrogen-bond acceptors (Lipinski definition) is 3. The summed E-state index contributed by atoms with van der Waals surface area (Å²) < 4.78 is 3.28. The lowest BCUT2D eigenvalue weighted by molar-refractivity contribution is 0.272. The fourth-order valence-electron chi connectivity index (χ4n) is 3.33. The molecule has 1 N–H and O–H groups in total. The van der Waals surface area contributed by atoms with Crippen molar-refractivity contribution >= 4 is 11.9 Å². The first kappa shape index (κ1) is 17.5. The van der Waals surface area contributed by atoms with Gasteiger partial charge in [-0.3, -0.25) is 4.72 Å². The highest BCUT2D eigenvalue weighted by atomic mass is 32.2. The second-order valence-corrected chi connectivity index (χ2v) is 7.56. The van der Waals surface area contributed by atoms with E-state index in [1.807, 2.05) is 0 Å². The Morgan fingerprint density at radius 3 is 2.29 bits per heavy atom. The number of benzene rings is 2. The maximum atomic E-state index is 3.28. The van der Waals surface area contributed by atoms with Gasteiger partial charge in [0.2, 0.25) is 0 Å². The van der Waals surface area contributed by atoms with Crippen LogP contribution in [0.1, 0.15) is 32.3 Å². The number of nitrogens with one attached hydrogen (secondary N) is 1. The summed E-state index contributed by atoms with van der Waals surface area (Å²) in [5.41, 5.74) is 4.03. The van der Waals surface area contributed by atoms with Crippen molar-refractivity contribution in [3.63, 3.8) is 0 Å². The van der Waals surface area contributed by atoms with Crippen molar-refractivity contribution in [3.8, 4) is 11.1 Å². The summed E-state index contributed by atoms with van der Waals surface area (Å²) in [7, 11) is 0. The molecule has 128 valence electrons. The van der Waals surface area contributed by atoms with Gasteiger partial charge < -0.3 is 4.90 Å². The Kier molecular flexibility index (Phi) is 6.36. The molecule has 24 heavy (non-hydrogen) atoms. The highest BCUT2D eigenvalue weighted by molar-refractivity contribution is 7.97. The highest BCUT2D eigenvalue weighted by Crippen LogP contribution is 2.24. The van der Waals surface area contributed by atoms with Gasteiger partial charge in [-0.05, 0) is 73.5 Å². The molecular weight excluding hydrogens is 312 g/mol. The van der Waals surface area contributed by atoms with Crippen LogP contribution in [0.15, 0.2) is 53.4 Å². The molecule has 1 heterocycles. The van der Waals surface area contributed by atoms with E-state index in [9.17, 15) is 0 Å². The summed E-state index contributed by atoms with van der Waals surface area (Å²) in [6.45, 7) is 7.92. The largest absolute Gasteiger partial charge is 0.300 e. The molecule has 2 aromatic rings. The van der Waals surface area contributed by atoms with Crippen molar-refractivity contribution in [1.82, 2.24) is 9.62 Å². The van der Waals surface area contributed by atoms with Gasteiger partial charge in [0, 0.05) is 24.0 Å². The first-order valence-corrected chi connectivity index (χ1v) is 9.91. The summed E-state index contributed by atoms with van der Waals surface area (Å²) >= 11 is 1.69. The standard InChI is InChI=1S/C21H28N2S/c1-3-22-24-21-12-10-20(11-13-21)19-8-6-18(7-9-19)14-16-23-15-4-5-17(23)2/h6-13,17,22H,3-5,14-16H2,1-2H3. The summed E-state index contributed by atoms with van der Waals surface area (Å²) in [6.07, 6.45) is 3.88. The predicted molar refractivity (Wildman–Crippen MR) is 105 cm³/mol. The smallest absolute Gasteiger partial charge is 0.0228 e. The van der Waals surface area contributed by atoms with E-state index in [1.54, 1.807) is 11.9 Å². The average molecular weight is 341 g/mol. The second kappa shape index (κ2) is 8.70. The van der Waals surface area contributed by atoms with Crippen LogP contribution in [-0.2, 0) is 6.42 Å². The van der Waals surface area contributed by atoms with E-state index < -0.39 is 0 Å². The molecule has 1 atom stereocenters. The number of likely N-dealkylation sites (tertiary alicyclic amines) is 1. The molecule has 3 heteroatoms. The van der Waals surface area contributed by atoms with Crippen LogP contribution in [0.25, 0.3) is 11.1 Å². The molecule has 1 aliphatic rings. The molecule has 0 bridgehead atoms. The molecule has 1 aliphatic heterocycles. The van der Waals surface area contributed by atoms with Crippen LogP contribution >= 0.6 is 11.9 Å². The van der Waals surface area contributed by atoms with Crippen LogP contribution in [0.4, 0.5) is 0 Å². The fraction of sp³-hybridized carbons (Fsp3) is 0.429. The molecule has 0 radical (unpaired) electrons. The quantitative estimate of drug-likeness (QED) is 0.714.